The van der Waals surface area contributed by atoms with E-state index in [9.17, 15) is 19.1 Å². The summed E-state index contributed by atoms with van der Waals surface area (Å²) in [6, 6.07) is 6.02. The van der Waals surface area contributed by atoms with Gasteiger partial charge in [-0.05, 0) is 25.3 Å². The minimum absolute atomic E-state index is 0.0132. The first-order valence-corrected chi connectivity index (χ1v) is 8.65. The van der Waals surface area contributed by atoms with Crippen LogP contribution in [-0.4, -0.2) is 70.6 Å². The van der Waals surface area contributed by atoms with Gasteiger partial charge in [0.2, 0.25) is 6.41 Å². The molecule has 136 valence electrons. The van der Waals surface area contributed by atoms with Gasteiger partial charge in [-0.25, -0.2) is 9.18 Å². The Morgan fingerprint density at radius 2 is 2.16 bits per heavy atom. The lowest BCUT2D eigenvalue weighted by atomic mass is 10.0. The summed E-state index contributed by atoms with van der Waals surface area (Å²) in [6.45, 7) is 0.663. The van der Waals surface area contributed by atoms with E-state index in [1.54, 1.807) is 30.1 Å². The van der Waals surface area contributed by atoms with E-state index >= 15 is 0 Å². The van der Waals surface area contributed by atoms with E-state index in [1.165, 1.54) is 11.0 Å². The van der Waals surface area contributed by atoms with E-state index in [4.69, 9.17) is 0 Å². The van der Waals surface area contributed by atoms with Gasteiger partial charge in [0, 0.05) is 32.3 Å². The van der Waals surface area contributed by atoms with Crippen LogP contribution >= 0.6 is 0 Å². The molecule has 2 aliphatic heterocycles. The van der Waals surface area contributed by atoms with Crippen molar-refractivity contribution >= 4 is 12.4 Å². The third kappa shape index (κ3) is 3.33. The number of carbonyl (C=O) groups excluding carboxylic acids is 2. The molecule has 1 N–H and O–H groups in total. The first-order chi connectivity index (χ1) is 12.1. The molecule has 0 saturated carbocycles. The number of fused-ring (bicyclic) bond motifs is 2. The quantitative estimate of drug-likeness (QED) is 0.818. The summed E-state index contributed by atoms with van der Waals surface area (Å²) in [7, 11) is 1.67. The zero-order valence-electron chi connectivity index (χ0n) is 14.3. The van der Waals surface area contributed by atoms with Crippen LogP contribution in [0, 0.1) is 5.82 Å². The number of piperazine rings is 1. The van der Waals surface area contributed by atoms with E-state index in [-0.39, 0.29) is 43.1 Å². The van der Waals surface area contributed by atoms with Gasteiger partial charge in [-0.15, -0.1) is 0 Å². The van der Waals surface area contributed by atoms with Crippen molar-refractivity contribution < 1.29 is 19.1 Å². The number of hydrogen-bond acceptors (Lipinski definition) is 3. The van der Waals surface area contributed by atoms with Crippen molar-refractivity contribution in [2.75, 3.05) is 20.2 Å². The molecule has 0 radical (unpaired) electrons. The van der Waals surface area contributed by atoms with Gasteiger partial charge < -0.3 is 19.8 Å². The molecule has 3 atom stereocenters. The molecule has 2 heterocycles. The molecule has 2 bridgehead atoms. The number of carbonyl (C=O) groups is 2. The molecule has 3 amide bonds. The third-order valence-electron chi connectivity index (χ3n) is 5.31. The number of rotatable bonds is 5. The Morgan fingerprint density at radius 3 is 2.84 bits per heavy atom. The molecule has 2 saturated heterocycles. The first kappa shape index (κ1) is 17.7. The molecule has 2 fully saturated rings. The average molecular weight is 349 g/mol. The second-order valence-electron chi connectivity index (χ2n) is 6.82. The topological polar surface area (TPSA) is 64.1 Å². The first-order valence-electron chi connectivity index (χ1n) is 8.65. The molecule has 0 aliphatic carbocycles. The summed E-state index contributed by atoms with van der Waals surface area (Å²) < 4.78 is 13.9. The van der Waals surface area contributed by atoms with Crippen LogP contribution in [0.25, 0.3) is 0 Å². The molecule has 2 unspecified atom stereocenters. The van der Waals surface area contributed by atoms with E-state index in [0.29, 0.717) is 18.5 Å². The van der Waals surface area contributed by atoms with Gasteiger partial charge in [-0.2, -0.15) is 0 Å². The van der Waals surface area contributed by atoms with Crippen LogP contribution in [0.2, 0.25) is 0 Å². The second-order valence-corrected chi connectivity index (χ2v) is 6.82. The number of hydrogen-bond donors (Lipinski definition) is 1. The Bertz CT molecular complexity index is 642. The van der Waals surface area contributed by atoms with Crippen LogP contribution in [-0.2, 0) is 11.3 Å². The number of aliphatic hydroxyl groups excluding tert-OH is 1. The van der Waals surface area contributed by atoms with E-state index < -0.39 is 0 Å². The Morgan fingerprint density at radius 1 is 1.40 bits per heavy atom. The van der Waals surface area contributed by atoms with Crippen molar-refractivity contribution in [3.05, 3.63) is 35.6 Å². The van der Waals surface area contributed by atoms with Gasteiger partial charge in [0.05, 0.1) is 18.1 Å². The maximum Gasteiger partial charge on any atom is 0.320 e. The number of aliphatic hydroxyl groups is 1. The summed E-state index contributed by atoms with van der Waals surface area (Å²) in [6.07, 6.45) is 2.93. The summed E-state index contributed by atoms with van der Waals surface area (Å²) in [4.78, 5) is 29.4. The molecule has 2 aliphatic rings. The highest BCUT2D eigenvalue weighted by molar-refractivity contribution is 5.76. The lowest BCUT2D eigenvalue weighted by Crippen LogP contribution is -2.62. The van der Waals surface area contributed by atoms with Crippen LogP contribution < -0.4 is 0 Å². The number of amides is 3. The van der Waals surface area contributed by atoms with Crippen LogP contribution in [0.5, 0.6) is 0 Å². The highest BCUT2D eigenvalue weighted by Gasteiger charge is 2.48. The van der Waals surface area contributed by atoms with E-state index in [2.05, 4.69) is 0 Å². The molecule has 0 spiro atoms. The monoisotopic (exact) mass is 349 g/mol. The Labute approximate surface area is 146 Å². The van der Waals surface area contributed by atoms with Crippen LogP contribution in [0.4, 0.5) is 9.18 Å². The number of nitrogens with zero attached hydrogens (tertiary/aromatic N) is 3. The number of halogens is 1. The van der Waals surface area contributed by atoms with Gasteiger partial charge in [0.15, 0.2) is 0 Å². The van der Waals surface area contributed by atoms with Gasteiger partial charge in [-0.1, -0.05) is 18.2 Å². The SMILES string of the molecule is CN(Cc1ccccc1F)C(=O)N1C2CCC1[C@@H](CCO)N(C=O)C2. The van der Waals surface area contributed by atoms with Crippen LogP contribution in [0.15, 0.2) is 24.3 Å². The minimum atomic E-state index is -0.325. The van der Waals surface area contributed by atoms with E-state index in [1.807, 2.05) is 4.90 Å². The maximum absolute atomic E-state index is 13.9. The van der Waals surface area contributed by atoms with Crippen LogP contribution in [0.1, 0.15) is 24.8 Å². The Hall–Kier alpha value is -2.15. The molecule has 6 nitrogen and oxygen atoms in total. The third-order valence-corrected chi connectivity index (χ3v) is 5.31. The van der Waals surface area contributed by atoms with Crippen molar-refractivity contribution in [1.29, 1.82) is 0 Å². The highest BCUT2D eigenvalue weighted by atomic mass is 19.1. The van der Waals surface area contributed by atoms with Crippen molar-refractivity contribution in [1.82, 2.24) is 14.7 Å². The summed E-state index contributed by atoms with van der Waals surface area (Å²) >= 11 is 0. The Kier molecular flexibility index (Phi) is 5.22. The maximum atomic E-state index is 13.9. The zero-order valence-corrected chi connectivity index (χ0v) is 14.3. The van der Waals surface area contributed by atoms with Gasteiger partial charge >= 0.3 is 6.03 Å². The predicted octanol–water partition coefficient (Wildman–Crippen LogP) is 1.43. The molecular formula is C18H24FN3O3. The fraction of sp³-hybridized carbons (Fsp3) is 0.556. The van der Waals surface area contributed by atoms with E-state index in [0.717, 1.165) is 19.3 Å². The standard InChI is InChI=1S/C18H24FN3O3/c1-20(10-13-4-2-3-5-15(13)19)18(25)22-14-6-7-17(22)16(8-9-23)21(11-14)12-24/h2-5,12,14,16-17,23H,6-11H2,1H3/t14?,16-,17?/m1/s1. The molecule has 1 aromatic rings. The molecule has 7 heteroatoms. The highest BCUT2D eigenvalue weighted by Crippen LogP contribution is 2.35. The summed E-state index contributed by atoms with van der Waals surface area (Å²) in [5, 5.41) is 9.32. The molecular weight excluding hydrogens is 325 g/mol. The van der Waals surface area contributed by atoms with Gasteiger partial charge in [-0.3, -0.25) is 4.79 Å². The number of urea groups is 1. The van der Waals surface area contributed by atoms with Gasteiger partial charge in [0.1, 0.15) is 5.82 Å². The second kappa shape index (κ2) is 7.39. The smallest absolute Gasteiger partial charge is 0.320 e. The minimum Gasteiger partial charge on any atom is -0.396 e. The van der Waals surface area contributed by atoms with Crippen molar-refractivity contribution in [3.8, 4) is 0 Å². The lowest BCUT2D eigenvalue weighted by molar-refractivity contribution is -0.124. The summed E-state index contributed by atoms with van der Waals surface area (Å²) in [5.41, 5.74) is 0.476. The molecule has 25 heavy (non-hydrogen) atoms. The predicted molar refractivity (Wildman–Crippen MR) is 90.2 cm³/mol. The van der Waals surface area contributed by atoms with Crippen molar-refractivity contribution in [2.24, 2.45) is 0 Å². The fourth-order valence-corrected chi connectivity index (χ4v) is 4.13. The molecule has 1 aromatic carbocycles. The summed E-state index contributed by atoms with van der Waals surface area (Å²) in [5.74, 6) is -0.325. The largest absolute Gasteiger partial charge is 0.396 e. The van der Waals surface area contributed by atoms with Crippen molar-refractivity contribution in [3.63, 3.8) is 0 Å². The van der Waals surface area contributed by atoms with Crippen molar-refractivity contribution in [2.45, 2.75) is 43.9 Å². The Balaban J connectivity index is 1.75. The van der Waals surface area contributed by atoms with Crippen LogP contribution in [0.3, 0.4) is 0 Å². The van der Waals surface area contributed by atoms with Gasteiger partial charge in [0.25, 0.3) is 0 Å². The number of benzene rings is 1. The molecule has 3 rings (SSSR count). The normalized spacial score (nSPS) is 25.2. The number of likely N-dealkylation sites (tertiary alicyclic amines) is 1. The zero-order chi connectivity index (χ0) is 18.0. The fourth-order valence-electron chi connectivity index (χ4n) is 4.13. The lowest BCUT2D eigenvalue weighted by Gasteiger charge is -2.46. The molecule has 0 aromatic heterocycles. The average Bonchev–Trinajstić information content (AvgIpc) is 2.94.